The first-order valence-electron chi connectivity index (χ1n) is 9.68. The van der Waals surface area contributed by atoms with Crippen LogP contribution in [0.4, 0.5) is 0 Å². The van der Waals surface area contributed by atoms with Crippen molar-refractivity contribution in [3.8, 4) is 17.2 Å². The number of nitrogens with one attached hydrogen (secondary N) is 1. The largest absolute Gasteiger partial charge is 0.507 e. The van der Waals surface area contributed by atoms with Gasteiger partial charge in [-0.3, -0.25) is 19.2 Å². The fraction of sp³-hybridized carbons (Fsp3) is 0.364. The van der Waals surface area contributed by atoms with E-state index in [2.05, 4.69) is 5.32 Å². The maximum atomic E-state index is 13.5. The molecule has 0 bridgehead atoms. The van der Waals surface area contributed by atoms with E-state index in [1.807, 2.05) is 0 Å². The van der Waals surface area contributed by atoms with Gasteiger partial charge in [-0.25, -0.2) is 0 Å². The fourth-order valence-electron chi connectivity index (χ4n) is 3.97. The summed E-state index contributed by atoms with van der Waals surface area (Å²) in [7, 11) is 0. The number of carboxylic acid groups (broad SMARTS) is 1. The van der Waals surface area contributed by atoms with Crippen molar-refractivity contribution >= 4 is 23.3 Å². The highest BCUT2D eigenvalue weighted by atomic mass is 16.5. The van der Waals surface area contributed by atoms with Gasteiger partial charge >= 0.3 is 5.97 Å². The van der Waals surface area contributed by atoms with Crippen LogP contribution in [-0.4, -0.2) is 45.2 Å². The lowest BCUT2D eigenvalue weighted by Crippen LogP contribution is -2.41. The quantitative estimate of drug-likeness (QED) is 0.230. The first-order valence-corrected chi connectivity index (χ1v) is 9.68. The molecule has 1 aromatic rings. The van der Waals surface area contributed by atoms with Crippen LogP contribution in [0.5, 0.6) is 17.2 Å². The van der Waals surface area contributed by atoms with Gasteiger partial charge in [-0.1, -0.05) is 0 Å². The summed E-state index contributed by atoms with van der Waals surface area (Å²) >= 11 is 0. The normalized spacial score (nSPS) is 21.1. The zero-order valence-electron chi connectivity index (χ0n) is 17.6. The number of aliphatic carboxylic acids is 1. The van der Waals surface area contributed by atoms with Crippen LogP contribution < -0.4 is 10.1 Å². The zero-order valence-corrected chi connectivity index (χ0v) is 17.6. The van der Waals surface area contributed by atoms with E-state index < -0.39 is 40.2 Å². The standard InChI is InChI=1S/C22H23NO8/c1-9-18(28)16(11(3)24)20-17(19(9)29)22(4)13(31-20)8-12(25)15(21(22)30)10(2)23-7-5-6-14(26)27/h8,23,28-29H,5-7H2,1-4H3,(H,26,27)/b15-10+. The van der Waals surface area contributed by atoms with Gasteiger partial charge in [0.15, 0.2) is 17.3 Å². The minimum absolute atomic E-state index is 0.0212. The number of hydrogen-bond donors (Lipinski definition) is 4. The highest BCUT2D eigenvalue weighted by Crippen LogP contribution is 2.57. The van der Waals surface area contributed by atoms with Crippen LogP contribution >= 0.6 is 0 Å². The summed E-state index contributed by atoms with van der Waals surface area (Å²) in [5, 5.41) is 32.7. The minimum atomic E-state index is -1.57. The summed E-state index contributed by atoms with van der Waals surface area (Å²) in [5.41, 5.74) is -1.58. The van der Waals surface area contributed by atoms with Gasteiger partial charge < -0.3 is 25.4 Å². The van der Waals surface area contributed by atoms with E-state index in [9.17, 15) is 29.4 Å². The molecule has 1 atom stereocenters. The average molecular weight is 429 g/mol. The highest BCUT2D eigenvalue weighted by Gasteiger charge is 2.56. The van der Waals surface area contributed by atoms with E-state index in [4.69, 9.17) is 9.84 Å². The zero-order chi connectivity index (χ0) is 23.2. The van der Waals surface area contributed by atoms with Gasteiger partial charge in [-0.05, 0) is 34.1 Å². The molecule has 9 heteroatoms. The Kier molecular flexibility index (Phi) is 5.39. The molecule has 0 saturated heterocycles. The second-order valence-corrected chi connectivity index (χ2v) is 7.81. The molecule has 3 rings (SSSR count). The van der Waals surface area contributed by atoms with Crippen molar-refractivity contribution in [2.24, 2.45) is 0 Å². The molecule has 1 aliphatic heterocycles. The monoisotopic (exact) mass is 429 g/mol. The molecule has 0 radical (unpaired) electrons. The number of ketones is 3. The van der Waals surface area contributed by atoms with Crippen molar-refractivity contribution in [2.75, 3.05) is 6.54 Å². The molecule has 1 unspecified atom stereocenters. The van der Waals surface area contributed by atoms with E-state index in [0.29, 0.717) is 6.42 Å². The molecule has 0 saturated carbocycles. The number of phenolic OH excluding ortho intramolecular Hbond substituents is 2. The molecule has 9 nitrogen and oxygen atoms in total. The van der Waals surface area contributed by atoms with Gasteiger partial charge in [0.1, 0.15) is 34.0 Å². The summed E-state index contributed by atoms with van der Waals surface area (Å²) in [4.78, 5) is 49.0. The first kappa shape index (κ1) is 22.1. The average Bonchev–Trinajstić information content (AvgIpc) is 2.96. The third kappa shape index (κ3) is 3.26. The number of benzene rings is 1. The Morgan fingerprint density at radius 2 is 1.81 bits per heavy atom. The smallest absolute Gasteiger partial charge is 0.303 e. The maximum absolute atomic E-state index is 13.5. The first-order chi connectivity index (χ1) is 14.4. The Bertz CT molecular complexity index is 1110. The van der Waals surface area contributed by atoms with Crippen LogP contribution in [0.3, 0.4) is 0 Å². The number of allylic oxidation sites excluding steroid dienone is 4. The van der Waals surface area contributed by atoms with E-state index in [1.165, 1.54) is 27.7 Å². The summed E-state index contributed by atoms with van der Waals surface area (Å²) in [6.07, 6.45) is 1.37. The number of Topliss-reactive ketones (excluding diaryl/α,β-unsaturated/α-hetero) is 2. The van der Waals surface area contributed by atoms with Crippen LogP contribution in [0.1, 0.15) is 55.1 Å². The lowest BCUT2D eigenvalue weighted by Gasteiger charge is -2.29. The SMILES string of the molecule is CC(=O)c1c(O)c(C)c(O)c2c1OC1=CC(=O)/C(=C(/C)NCCCC(=O)O)C(=O)C12C. The van der Waals surface area contributed by atoms with Gasteiger partial charge in [0, 0.05) is 30.3 Å². The van der Waals surface area contributed by atoms with Crippen LogP contribution in [0, 0.1) is 6.92 Å². The number of carboxylic acids is 1. The molecule has 1 aromatic carbocycles. The van der Waals surface area contributed by atoms with Gasteiger partial charge in [0.2, 0.25) is 0 Å². The van der Waals surface area contributed by atoms with Crippen molar-refractivity contribution in [1.82, 2.24) is 5.32 Å². The van der Waals surface area contributed by atoms with Gasteiger partial charge in [0.05, 0.1) is 11.1 Å². The summed E-state index contributed by atoms with van der Waals surface area (Å²) in [6, 6.07) is 0. The number of hydrogen-bond acceptors (Lipinski definition) is 8. The second kappa shape index (κ2) is 7.57. The van der Waals surface area contributed by atoms with E-state index in [1.54, 1.807) is 0 Å². The molecule has 0 amide bonds. The third-order valence-corrected chi connectivity index (χ3v) is 5.72. The van der Waals surface area contributed by atoms with Gasteiger partial charge in [-0.15, -0.1) is 0 Å². The van der Waals surface area contributed by atoms with E-state index in [-0.39, 0.29) is 52.4 Å². The lowest BCUT2D eigenvalue weighted by molar-refractivity contribution is -0.137. The van der Waals surface area contributed by atoms with Crippen molar-refractivity contribution in [3.05, 3.63) is 39.8 Å². The number of rotatable bonds is 6. The van der Waals surface area contributed by atoms with E-state index >= 15 is 0 Å². The van der Waals surface area contributed by atoms with Gasteiger partial charge in [0.25, 0.3) is 0 Å². The molecule has 164 valence electrons. The van der Waals surface area contributed by atoms with Crippen LogP contribution in [0.2, 0.25) is 0 Å². The van der Waals surface area contributed by atoms with E-state index in [0.717, 1.165) is 6.08 Å². The highest BCUT2D eigenvalue weighted by molar-refractivity contribution is 6.31. The number of fused-ring (bicyclic) bond motifs is 3. The fourth-order valence-corrected chi connectivity index (χ4v) is 3.97. The molecule has 4 N–H and O–H groups in total. The number of ether oxygens (including phenoxy) is 1. The molecule has 31 heavy (non-hydrogen) atoms. The molecule has 0 spiro atoms. The van der Waals surface area contributed by atoms with Gasteiger partial charge in [-0.2, -0.15) is 0 Å². The van der Waals surface area contributed by atoms with Crippen LogP contribution in [0.15, 0.2) is 23.1 Å². The van der Waals surface area contributed by atoms with Crippen LogP contribution in [0.25, 0.3) is 0 Å². The molecule has 0 fully saturated rings. The van der Waals surface area contributed by atoms with Crippen molar-refractivity contribution in [1.29, 1.82) is 0 Å². The summed E-state index contributed by atoms with van der Waals surface area (Å²) in [6.45, 7) is 5.89. The Labute approximate surface area is 178 Å². The Morgan fingerprint density at radius 1 is 1.16 bits per heavy atom. The van der Waals surface area contributed by atoms with Crippen LogP contribution in [-0.2, 0) is 19.8 Å². The lowest BCUT2D eigenvalue weighted by atomic mass is 9.70. The molecular weight excluding hydrogens is 406 g/mol. The Hall–Kier alpha value is -3.62. The van der Waals surface area contributed by atoms with Crippen molar-refractivity contribution in [2.45, 2.75) is 46.0 Å². The number of carbonyl (C=O) groups excluding carboxylic acids is 3. The number of phenols is 2. The second-order valence-electron chi connectivity index (χ2n) is 7.81. The van der Waals surface area contributed by atoms with Crippen molar-refractivity contribution in [3.63, 3.8) is 0 Å². The van der Waals surface area contributed by atoms with Crippen molar-refractivity contribution < 1.29 is 39.2 Å². The molecule has 2 aliphatic rings. The third-order valence-electron chi connectivity index (χ3n) is 5.72. The number of carbonyl (C=O) groups is 4. The minimum Gasteiger partial charge on any atom is -0.507 e. The Morgan fingerprint density at radius 3 is 2.39 bits per heavy atom. The molecule has 0 aromatic heterocycles. The summed E-state index contributed by atoms with van der Waals surface area (Å²) in [5.74, 6) is -3.74. The molecule has 1 aliphatic carbocycles. The predicted octanol–water partition coefficient (Wildman–Crippen LogP) is 2.02. The molecular formula is C22H23NO8. The topological polar surface area (TPSA) is 150 Å². The Balaban J connectivity index is 2.13. The predicted molar refractivity (Wildman–Crippen MR) is 108 cm³/mol. The summed E-state index contributed by atoms with van der Waals surface area (Å²) < 4.78 is 5.69. The number of aromatic hydroxyl groups is 2. The molecule has 1 heterocycles. The maximum Gasteiger partial charge on any atom is 0.303 e.